The second-order valence-electron chi connectivity index (χ2n) is 10.9. The van der Waals surface area contributed by atoms with Crippen molar-refractivity contribution in [2.45, 2.75) is 62.8 Å². The molecule has 0 aromatic heterocycles. The lowest BCUT2D eigenvalue weighted by molar-refractivity contribution is -0.145. The van der Waals surface area contributed by atoms with E-state index in [1.165, 1.54) is 43.2 Å². The number of hydrogen-bond donors (Lipinski definition) is 1. The molecule has 3 aliphatic rings. The van der Waals surface area contributed by atoms with Gasteiger partial charge in [0.2, 0.25) is 0 Å². The Kier molecular flexibility index (Phi) is 7.66. The number of aliphatic carboxylic acids is 1. The van der Waals surface area contributed by atoms with Gasteiger partial charge in [-0.2, -0.15) is 0 Å². The van der Waals surface area contributed by atoms with E-state index in [-0.39, 0.29) is 6.04 Å². The minimum Gasteiger partial charge on any atom is -0.480 e. The number of rotatable bonds is 7. The first-order valence-corrected chi connectivity index (χ1v) is 13.5. The predicted octanol–water partition coefficient (Wildman–Crippen LogP) is 5.62. The van der Waals surface area contributed by atoms with E-state index in [0.29, 0.717) is 23.7 Å². The highest BCUT2D eigenvalue weighted by molar-refractivity contribution is 5.74. The van der Waals surface area contributed by atoms with E-state index in [0.717, 1.165) is 45.6 Å². The first kappa shape index (κ1) is 23.6. The molecular weight excluding hydrogens is 420 g/mol. The van der Waals surface area contributed by atoms with Crippen molar-refractivity contribution in [3.8, 4) is 0 Å². The lowest BCUT2D eigenvalue weighted by atomic mass is 9.83. The van der Waals surface area contributed by atoms with Crippen LogP contribution < -0.4 is 0 Å². The molecule has 2 aliphatic heterocycles. The number of piperidine rings is 1. The number of benzene rings is 2. The molecule has 0 radical (unpaired) electrons. The van der Waals surface area contributed by atoms with Crippen molar-refractivity contribution in [3.63, 3.8) is 0 Å². The van der Waals surface area contributed by atoms with Crippen LogP contribution in [-0.2, 0) is 4.79 Å². The van der Waals surface area contributed by atoms with Crippen LogP contribution in [0, 0.1) is 11.8 Å². The van der Waals surface area contributed by atoms with E-state index in [1.807, 2.05) is 0 Å². The van der Waals surface area contributed by atoms with Crippen LogP contribution in [0.25, 0.3) is 0 Å². The van der Waals surface area contributed by atoms with Gasteiger partial charge in [-0.1, -0.05) is 79.9 Å². The van der Waals surface area contributed by atoms with Gasteiger partial charge in [0.25, 0.3) is 0 Å². The van der Waals surface area contributed by atoms with E-state index >= 15 is 0 Å². The van der Waals surface area contributed by atoms with Gasteiger partial charge in [0.15, 0.2) is 0 Å². The van der Waals surface area contributed by atoms with Gasteiger partial charge in [-0.25, -0.2) is 0 Å². The molecule has 0 bridgehead atoms. The molecule has 3 atom stereocenters. The lowest BCUT2D eigenvalue weighted by Gasteiger charge is -2.35. The van der Waals surface area contributed by atoms with Gasteiger partial charge in [0.05, 0.1) is 0 Å². The fourth-order valence-corrected chi connectivity index (χ4v) is 7.01. The summed E-state index contributed by atoms with van der Waals surface area (Å²) in [5, 5.41) is 10.2. The van der Waals surface area contributed by atoms with Crippen LogP contribution in [0.5, 0.6) is 0 Å². The molecule has 5 rings (SSSR count). The number of hydrogen-bond acceptors (Lipinski definition) is 3. The highest BCUT2D eigenvalue weighted by Crippen LogP contribution is 2.39. The Balaban J connectivity index is 1.28. The molecule has 34 heavy (non-hydrogen) atoms. The van der Waals surface area contributed by atoms with E-state index < -0.39 is 5.97 Å². The molecule has 182 valence electrons. The van der Waals surface area contributed by atoms with E-state index in [1.54, 1.807) is 0 Å². The summed E-state index contributed by atoms with van der Waals surface area (Å²) in [4.78, 5) is 17.4. The first-order valence-electron chi connectivity index (χ1n) is 13.5. The fourth-order valence-electron chi connectivity index (χ4n) is 7.01. The molecule has 4 nitrogen and oxygen atoms in total. The number of carboxylic acids is 1. The number of likely N-dealkylation sites (tertiary alicyclic amines) is 2. The van der Waals surface area contributed by atoms with E-state index in [2.05, 4.69) is 70.5 Å². The Hall–Kier alpha value is -2.17. The van der Waals surface area contributed by atoms with Gasteiger partial charge < -0.3 is 10.0 Å². The summed E-state index contributed by atoms with van der Waals surface area (Å²) in [7, 11) is 0. The zero-order chi connectivity index (χ0) is 23.3. The molecule has 1 N–H and O–H groups in total. The average Bonchev–Trinajstić information content (AvgIpc) is 3.29. The van der Waals surface area contributed by atoms with Crippen molar-refractivity contribution in [2.24, 2.45) is 11.8 Å². The van der Waals surface area contributed by atoms with Gasteiger partial charge in [0.1, 0.15) is 6.04 Å². The summed E-state index contributed by atoms with van der Waals surface area (Å²) in [5.74, 6) is 1.27. The number of carbonyl (C=O) groups is 1. The minimum atomic E-state index is -0.608. The van der Waals surface area contributed by atoms with Crippen molar-refractivity contribution in [1.82, 2.24) is 9.80 Å². The van der Waals surface area contributed by atoms with Crippen LogP contribution in [-0.4, -0.2) is 59.6 Å². The molecule has 0 spiro atoms. The average molecular weight is 461 g/mol. The molecule has 3 fully saturated rings. The molecule has 0 amide bonds. The standard InChI is InChI=1S/C30H40N2O2/c33-30(34)29(26-14-8-3-9-15-26)32-21-27(28(22-32)25-12-6-2-7-13-25)20-31-18-16-24(17-19-31)23-10-4-1-5-11-23/h1-2,4-7,10-13,24,26-29H,3,8-9,14-22H2,(H,33,34). The maximum atomic E-state index is 12.4. The van der Waals surface area contributed by atoms with Crippen molar-refractivity contribution >= 4 is 5.97 Å². The monoisotopic (exact) mass is 460 g/mol. The highest BCUT2D eigenvalue weighted by atomic mass is 16.4. The molecule has 3 unspecified atom stereocenters. The Morgan fingerprint density at radius 2 is 1.44 bits per heavy atom. The third-order valence-corrected chi connectivity index (χ3v) is 8.79. The van der Waals surface area contributed by atoms with Gasteiger partial charge in [-0.15, -0.1) is 0 Å². The summed E-state index contributed by atoms with van der Waals surface area (Å²) in [5.41, 5.74) is 2.86. The molecule has 2 aromatic carbocycles. The third-order valence-electron chi connectivity index (χ3n) is 8.79. The van der Waals surface area contributed by atoms with Crippen LogP contribution in [0.4, 0.5) is 0 Å². The topological polar surface area (TPSA) is 43.8 Å². The molecule has 2 heterocycles. The highest BCUT2D eigenvalue weighted by Gasteiger charge is 2.43. The van der Waals surface area contributed by atoms with Crippen molar-refractivity contribution in [1.29, 1.82) is 0 Å². The molecular formula is C30H40N2O2. The quantitative estimate of drug-likeness (QED) is 0.583. The van der Waals surface area contributed by atoms with Crippen molar-refractivity contribution < 1.29 is 9.90 Å². The first-order chi connectivity index (χ1) is 16.7. The maximum Gasteiger partial charge on any atom is 0.321 e. The summed E-state index contributed by atoms with van der Waals surface area (Å²) in [6.45, 7) is 5.15. The van der Waals surface area contributed by atoms with Crippen LogP contribution in [0.1, 0.15) is 67.9 Å². The van der Waals surface area contributed by atoms with Gasteiger partial charge >= 0.3 is 5.97 Å². The molecule has 1 saturated carbocycles. The predicted molar refractivity (Wildman–Crippen MR) is 137 cm³/mol. The number of carboxylic acid groups (broad SMARTS) is 1. The van der Waals surface area contributed by atoms with Crippen LogP contribution in [0.15, 0.2) is 60.7 Å². The maximum absolute atomic E-state index is 12.4. The zero-order valence-corrected chi connectivity index (χ0v) is 20.4. The largest absolute Gasteiger partial charge is 0.480 e. The number of nitrogens with zero attached hydrogens (tertiary/aromatic N) is 2. The molecule has 2 aromatic rings. The summed E-state index contributed by atoms with van der Waals surface area (Å²) < 4.78 is 0. The van der Waals surface area contributed by atoms with Gasteiger partial charge in [-0.05, 0) is 67.7 Å². The van der Waals surface area contributed by atoms with Gasteiger partial charge in [-0.3, -0.25) is 9.69 Å². The zero-order valence-electron chi connectivity index (χ0n) is 20.4. The summed E-state index contributed by atoms with van der Waals surface area (Å²) in [6, 6.07) is 21.5. The Morgan fingerprint density at radius 3 is 2.06 bits per heavy atom. The fraction of sp³-hybridized carbons (Fsp3) is 0.567. The van der Waals surface area contributed by atoms with Crippen LogP contribution in [0.3, 0.4) is 0 Å². The van der Waals surface area contributed by atoms with Crippen LogP contribution in [0.2, 0.25) is 0 Å². The SMILES string of the molecule is O=C(O)C(C1CCCCC1)N1CC(CN2CCC(c3ccccc3)CC2)C(c2ccccc2)C1. The molecule has 2 saturated heterocycles. The summed E-state index contributed by atoms with van der Waals surface area (Å²) in [6.07, 6.45) is 8.21. The molecule has 1 aliphatic carbocycles. The molecule has 4 heteroatoms. The second-order valence-corrected chi connectivity index (χ2v) is 10.9. The Labute approximate surface area is 205 Å². The lowest BCUT2D eigenvalue weighted by Crippen LogP contribution is -2.46. The minimum absolute atomic E-state index is 0.308. The van der Waals surface area contributed by atoms with Crippen LogP contribution >= 0.6 is 0 Å². The summed E-state index contributed by atoms with van der Waals surface area (Å²) >= 11 is 0. The van der Waals surface area contributed by atoms with Crippen molar-refractivity contribution in [3.05, 3.63) is 71.8 Å². The van der Waals surface area contributed by atoms with Gasteiger partial charge in [0, 0.05) is 25.6 Å². The Morgan fingerprint density at radius 1 is 0.824 bits per heavy atom. The van der Waals surface area contributed by atoms with E-state index in [4.69, 9.17) is 0 Å². The normalized spacial score (nSPS) is 26.5. The second kappa shape index (κ2) is 11.0. The Bertz CT molecular complexity index is 904. The van der Waals surface area contributed by atoms with Crippen molar-refractivity contribution in [2.75, 3.05) is 32.7 Å². The van der Waals surface area contributed by atoms with E-state index in [9.17, 15) is 9.90 Å². The smallest absolute Gasteiger partial charge is 0.321 e. The third kappa shape index (κ3) is 5.39.